The quantitative estimate of drug-likeness (QED) is 0.569. The summed E-state index contributed by atoms with van der Waals surface area (Å²) in [6.07, 6.45) is 6.99. The van der Waals surface area contributed by atoms with Gasteiger partial charge >= 0.3 is 0 Å². The second-order valence-corrected chi connectivity index (χ2v) is 6.15. The molecule has 0 N–H and O–H groups in total. The number of nitrogens with zero attached hydrogens (tertiary/aromatic N) is 6. The number of carbonyl (C=O) groups excluding carboxylic acids is 1. The van der Waals surface area contributed by atoms with E-state index < -0.39 is 0 Å². The molecule has 4 rings (SSSR count). The lowest BCUT2D eigenvalue weighted by Gasteiger charge is -2.17. The topological polar surface area (TPSA) is 68.3 Å². The molecule has 7 nitrogen and oxygen atoms in total. The predicted octanol–water partition coefficient (Wildman–Crippen LogP) is 2.50. The second kappa shape index (κ2) is 6.44. The summed E-state index contributed by atoms with van der Waals surface area (Å²) in [5.41, 5.74) is 3.98. The molecule has 0 bridgehead atoms. The van der Waals surface area contributed by atoms with E-state index in [1.807, 2.05) is 49.5 Å². The number of aromatic nitrogens is 5. The number of fused-ring (bicyclic) bond motifs is 1. The highest BCUT2D eigenvalue weighted by atomic mass is 16.2. The first-order valence-electron chi connectivity index (χ1n) is 8.27. The number of rotatable bonds is 4. The summed E-state index contributed by atoms with van der Waals surface area (Å²) in [5, 5.41) is 8.59. The van der Waals surface area contributed by atoms with E-state index in [0.29, 0.717) is 12.1 Å². The monoisotopic (exact) mass is 346 g/mol. The van der Waals surface area contributed by atoms with Gasteiger partial charge in [-0.25, -0.2) is 14.2 Å². The third-order valence-electron chi connectivity index (χ3n) is 4.31. The standard InChI is InChI=1S/C19H18N6O/c1-14-17(11-20-18-8-9-21-25(14)18)19(26)23(2)12-15-10-22-24(13-15)16-6-4-3-5-7-16/h3-11,13H,12H2,1-2H3. The molecule has 4 aromatic rings. The van der Waals surface area contributed by atoms with Gasteiger partial charge in [0.1, 0.15) is 0 Å². The Labute approximate surface area is 150 Å². The van der Waals surface area contributed by atoms with E-state index in [-0.39, 0.29) is 5.91 Å². The average Bonchev–Trinajstić information content (AvgIpc) is 3.32. The Kier molecular flexibility index (Phi) is 3.96. The van der Waals surface area contributed by atoms with Crippen LogP contribution in [-0.2, 0) is 6.54 Å². The Morgan fingerprint density at radius 2 is 1.92 bits per heavy atom. The van der Waals surface area contributed by atoms with Crippen LogP contribution in [0.25, 0.3) is 11.3 Å². The van der Waals surface area contributed by atoms with Crippen LogP contribution in [-0.4, -0.2) is 42.2 Å². The van der Waals surface area contributed by atoms with Crippen LogP contribution in [0.15, 0.2) is 61.2 Å². The zero-order chi connectivity index (χ0) is 18.1. The third kappa shape index (κ3) is 2.83. The third-order valence-corrected chi connectivity index (χ3v) is 4.31. The van der Waals surface area contributed by atoms with Crippen LogP contribution in [0, 0.1) is 6.92 Å². The molecule has 0 saturated heterocycles. The minimum atomic E-state index is -0.0974. The van der Waals surface area contributed by atoms with Gasteiger partial charge in [-0.1, -0.05) is 18.2 Å². The molecule has 26 heavy (non-hydrogen) atoms. The Bertz CT molecular complexity index is 1070. The lowest BCUT2D eigenvalue weighted by Crippen LogP contribution is -2.27. The molecule has 1 aromatic carbocycles. The molecule has 0 spiro atoms. The molecule has 0 saturated carbocycles. The molecule has 0 aliphatic heterocycles. The number of para-hydroxylation sites is 1. The maximum absolute atomic E-state index is 12.8. The number of carbonyl (C=O) groups is 1. The summed E-state index contributed by atoms with van der Waals surface area (Å²) in [5.74, 6) is -0.0974. The van der Waals surface area contributed by atoms with Gasteiger partial charge in [0.2, 0.25) is 0 Å². The van der Waals surface area contributed by atoms with Crippen molar-refractivity contribution in [3.05, 3.63) is 78.0 Å². The van der Waals surface area contributed by atoms with Gasteiger partial charge in [-0.15, -0.1) is 0 Å². The summed E-state index contributed by atoms with van der Waals surface area (Å²) in [6.45, 7) is 2.33. The number of aryl methyl sites for hydroxylation is 1. The fourth-order valence-corrected chi connectivity index (χ4v) is 2.92. The normalized spacial score (nSPS) is 11.0. The maximum Gasteiger partial charge on any atom is 0.257 e. The largest absolute Gasteiger partial charge is 0.337 e. The van der Waals surface area contributed by atoms with Crippen molar-refractivity contribution in [3.8, 4) is 5.69 Å². The highest BCUT2D eigenvalue weighted by Crippen LogP contribution is 2.14. The average molecular weight is 346 g/mol. The zero-order valence-electron chi connectivity index (χ0n) is 14.6. The van der Waals surface area contributed by atoms with Crippen molar-refractivity contribution in [2.45, 2.75) is 13.5 Å². The molecule has 0 atom stereocenters. The van der Waals surface area contributed by atoms with Crippen LogP contribution >= 0.6 is 0 Å². The van der Waals surface area contributed by atoms with Gasteiger partial charge in [0.05, 0.1) is 29.3 Å². The van der Waals surface area contributed by atoms with Gasteiger partial charge in [-0.2, -0.15) is 10.2 Å². The van der Waals surface area contributed by atoms with Gasteiger partial charge in [-0.3, -0.25) is 4.79 Å². The molecule has 0 aliphatic carbocycles. The van der Waals surface area contributed by atoms with Crippen LogP contribution in [0.2, 0.25) is 0 Å². The van der Waals surface area contributed by atoms with E-state index in [0.717, 1.165) is 22.6 Å². The van der Waals surface area contributed by atoms with Crippen molar-refractivity contribution >= 4 is 11.6 Å². The maximum atomic E-state index is 12.8. The Morgan fingerprint density at radius 3 is 2.73 bits per heavy atom. The highest BCUT2D eigenvalue weighted by Gasteiger charge is 2.18. The molecule has 3 aromatic heterocycles. The smallest absolute Gasteiger partial charge is 0.257 e. The summed E-state index contributed by atoms with van der Waals surface area (Å²) < 4.78 is 3.48. The van der Waals surface area contributed by atoms with Crippen molar-refractivity contribution in [2.24, 2.45) is 0 Å². The SMILES string of the molecule is Cc1c(C(=O)N(C)Cc2cnn(-c3ccccc3)c2)cnc2ccnn12. The summed E-state index contributed by atoms with van der Waals surface area (Å²) in [7, 11) is 1.77. The second-order valence-electron chi connectivity index (χ2n) is 6.15. The zero-order valence-corrected chi connectivity index (χ0v) is 14.6. The van der Waals surface area contributed by atoms with Gasteiger partial charge in [0.15, 0.2) is 5.65 Å². The summed E-state index contributed by atoms with van der Waals surface area (Å²) in [6, 6.07) is 11.7. The number of hydrogen-bond acceptors (Lipinski definition) is 4. The van der Waals surface area contributed by atoms with Crippen molar-refractivity contribution in [1.29, 1.82) is 0 Å². The first kappa shape index (κ1) is 16.0. The lowest BCUT2D eigenvalue weighted by molar-refractivity contribution is 0.0783. The van der Waals surface area contributed by atoms with E-state index >= 15 is 0 Å². The molecule has 0 unspecified atom stereocenters. The molecule has 1 amide bonds. The fourth-order valence-electron chi connectivity index (χ4n) is 2.92. The van der Waals surface area contributed by atoms with Crippen molar-refractivity contribution < 1.29 is 4.79 Å². The van der Waals surface area contributed by atoms with Crippen LogP contribution in [0.1, 0.15) is 21.6 Å². The predicted molar refractivity (Wildman–Crippen MR) is 97.1 cm³/mol. The van der Waals surface area contributed by atoms with E-state index in [1.54, 1.807) is 39.7 Å². The minimum Gasteiger partial charge on any atom is -0.337 e. The van der Waals surface area contributed by atoms with Crippen molar-refractivity contribution in [3.63, 3.8) is 0 Å². The summed E-state index contributed by atoms with van der Waals surface area (Å²) >= 11 is 0. The van der Waals surface area contributed by atoms with Crippen molar-refractivity contribution in [2.75, 3.05) is 7.05 Å². The molecule has 0 aliphatic rings. The first-order valence-corrected chi connectivity index (χ1v) is 8.27. The van der Waals surface area contributed by atoms with Crippen LogP contribution < -0.4 is 0 Å². The molecular weight excluding hydrogens is 328 g/mol. The Balaban J connectivity index is 1.54. The summed E-state index contributed by atoms with van der Waals surface area (Å²) in [4.78, 5) is 18.8. The highest BCUT2D eigenvalue weighted by molar-refractivity contribution is 5.95. The van der Waals surface area contributed by atoms with E-state index in [2.05, 4.69) is 15.2 Å². The molecule has 7 heteroatoms. The number of amides is 1. The van der Waals surface area contributed by atoms with Crippen LogP contribution in [0.4, 0.5) is 0 Å². The van der Waals surface area contributed by atoms with Gasteiger partial charge < -0.3 is 4.90 Å². The number of benzene rings is 1. The Hall–Kier alpha value is -3.48. The molecule has 130 valence electrons. The minimum absolute atomic E-state index is 0.0974. The van der Waals surface area contributed by atoms with Crippen molar-refractivity contribution in [1.82, 2.24) is 29.3 Å². The lowest BCUT2D eigenvalue weighted by atomic mass is 10.2. The molecule has 0 radical (unpaired) electrons. The van der Waals surface area contributed by atoms with E-state index in [4.69, 9.17) is 0 Å². The Morgan fingerprint density at radius 1 is 1.12 bits per heavy atom. The molecular formula is C19H18N6O. The van der Waals surface area contributed by atoms with Gasteiger partial charge in [0, 0.05) is 37.6 Å². The first-order chi connectivity index (χ1) is 12.6. The van der Waals surface area contributed by atoms with E-state index in [9.17, 15) is 4.79 Å². The van der Waals surface area contributed by atoms with Crippen LogP contribution in [0.5, 0.6) is 0 Å². The van der Waals surface area contributed by atoms with Gasteiger partial charge in [-0.05, 0) is 19.1 Å². The van der Waals surface area contributed by atoms with Gasteiger partial charge in [0.25, 0.3) is 5.91 Å². The van der Waals surface area contributed by atoms with E-state index in [1.165, 1.54) is 0 Å². The molecule has 3 heterocycles. The molecule has 0 fully saturated rings. The number of hydrogen-bond donors (Lipinski definition) is 0. The fraction of sp³-hybridized carbons (Fsp3) is 0.158. The van der Waals surface area contributed by atoms with Crippen LogP contribution in [0.3, 0.4) is 0 Å².